The van der Waals surface area contributed by atoms with Gasteiger partial charge in [-0.25, -0.2) is 0 Å². The molecular weight excluding hydrogens is 232 g/mol. The first-order valence-electron chi connectivity index (χ1n) is 6.04. The Labute approximate surface area is 103 Å². The molecule has 0 aromatic rings. The van der Waals surface area contributed by atoms with Crippen LogP contribution in [0.15, 0.2) is 12.2 Å². The molecule has 0 radical (unpaired) electrons. The standard InChI is InChI=1S/C12H28O2Si2/c1-9-12(13-10-11(2)3)16(7,8)14-15(4,5)6/h12H,2,9-10H2,1,3-8H3. The molecule has 0 amide bonds. The number of rotatable bonds is 7. The molecular formula is C12H28O2Si2. The largest absolute Gasteiger partial charge is 0.454 e. The normalized spacial score (nSPS) is 14.9. The minimum Gasteiger partial charge on any atom is -0.454 e. The van der Waals surface area contributed by atoms with Crippen LogP contribution in [0.1, 0.15) is 20.3 Å². The third-order valence-corrected chi connectivity index (χ3v) is 8.93. The van der Waals surface area contributed by atoms with E-state index in [2.05, 4.69) is 46.2 Å². The van der Waals surface area contributed by atoms with Gasteiger partial charge in [0.05, 0.1) is 12.3 Å². The molecule has 0 aliphatic carbocycles. The summed E-state index contributed by atoms with van der Waals surface area (Å²) < 4.78 is 12.3. The van der Waals surface area contributed by atoms with Crippen LogP contribution in [0.3, 0.4) is 0 Å². The summed E-state index contributed by atoms with van der Waals surface area (Å²) in [6.45, 7) is 20.0. The molecule has 0 aliphatic heterocycles. The molecule has 0 saturated heterocycles. The summed E-state index contributed by atoms with van der Waals surface area (Å²) in [4.78, 5) is 0. The molecule has 0 fully saturated rings. The Balaban J connectivity index is 4.47. The Morgan fingerprint density at radius 2 is 1.69 bits per heavy atom. The molecule has 0 aromatic carbocycles. The van der Waals surface area contributed by atoms with E-state index in [9.17, 15) is 0 Å². The number of hydrogen-bond acceptors (Lipinski definition) is 2. The van der Waals surface area contributed by atoms with Gasteiger partial charge in [0.15, 0.2) is 8.32 Å². The van der Waals surface area contributed by atoms with Gasteiger partial charge in [-0.05, 0) is 46.1 Å². The monoisotopic (exact) mass is 260 g/mol. The first-order valence-corrected chi connectivity index (χ1v) is 12.4. The first kappa shape index (κ1) is 16.1. The zero-order valence-electron chi connectivity index (χ0n) is 12.0. The van der Waals surface area contributed by atoms with Crippen LogP contribution in [0.25, 0.3) is 0 Å². The highest BCUT2D eigenvalue weighted by Gasteiger charge is 2.37. The quantitative estimate of drug-likeness (QED) is 0.510. The van der Waals surface area contributed by atoms with Crippen LogP contribution in [0.5, 0.6) is 0 Å². The van der Waals surface area contributed by atoms with E-state index in [1.165, 1.54) is 0 Å². The second-order valence-electron chi connectivity index (χ2n) is 5.98. The van der Waals surface area contributed by atoms with Gasteiger partial charge < -0.3 is 8.85 Å². The zero-order chi connectivity index (χ0) is 13.0. The van der Waals surface area contributed by atoms with Gasteiger partial charge in [-0.3, -0.25) is 0 Å². The lowest BCUT2D eigenvalue weighted by atomic mass is 10.4. The maximum atomic E-state index is 6.33. The molecule has 16 heavy (non-hydrogen) atoms. The Morgan fingerprint density at radius 3 is 2.00 bits per heavy atom. The summed E-state index contributed by atoms with van der Waals surface area (Å²) in [5.74, 6) is 0. The van der Waals surface area contributed by atoms with Crippen molar-refractivity contribution in [2.75, 3.05) is 6.61 Å². The second-order valence-corrected chi connectivity index (χ2v) is 14.9. The van der Waals surface area contributed by atoms with Gasteiger partial charge in [0.2, 0.25) is 8.32 Å². The van der Waals surface area contributed by atoms with Crippen molar-refractivity contribution >= 4 is 16.6 Å². The third kappa shape index (κ3) is 6.63. The van der Waals surface area contributed by atoms with E-state index >= 15 is 0 Å². The summed E-state index contributed by atoms with van der Waals surface area (Å²) in [5.41, 5.74) is 1.35. The molecule has 0 bridgehead atoms. The molecule has 4 heteroatoms. The summed E-state index contributed by atoms with van der Waals surface area (Å²) in [7, 11) is -3.21. The van der Waals surface area contributed by atoms with Crippen LogP contribution < -0.4 is 0 Å². The molecule has 0 rings (SSSR count). The lowest BCUT2D eigenvalue weighted by molar-refractivity contribution is 0.106. The molecule has 0 aliphatic rings. The van der Waals surface area contributed by atoms with E-state index in [-0.39, 0.29) is 5.73 Å². The van der Waals surface area contributed by atoms with Gasteiger partial charge in [-0.1, -0.05) is 19.1 Å². The van der Waals surface area contributed by atoms with Crippen molar-refractivity contribution in [2.45, 2.75) is 58.7 Å². The Hall–Kier alpha value is 0.0938. The number of ether oxygens (including phenoxy) is 1. The van der Waals surface area contributed by atoms with Gasteiger partial charge in [0.1, 0.15) is 0 Å². The second kappa shape index (κ2) is 6.14. The van der Waals surface area contributed by atoms with Crippen LogP contribution in [0, 0.1) is 0 Å². The third-order valence-electron chi connectivity index (χ3n) is 2.25. The lowest BCUT2D eigenvalue weighted by Gasteiger charge is -2.37. The maximum absolute atomic E-state index is 6.33. The van der Waals surface area contributed by atoms with Crippen LogP contribution in [0.2, 0.25) is 32.7 Å². The summed E-state index contributed by atoms with van der Waals surface area (Å²) in [5, 5.41) is 0. The SMILES string of the molecule is C=C(C)COC(CC)[Si](C)(C)O[Si](C)(C)C. The van der Waals surface area contributed by atoms with E-state index in [1.807, 2.05) is 6.92 Å². The van der Waals surface area contributed by atoms with E-state index in [4.69, 9.17) is 8.85 Å². The van der Waals surface area contributed by atoms with E-state index in [0.29, 0.717) is 6.61 Å². The van der Waals surface area contributed by atoms with Crippen molar-refractivity contribution in [1.29, 1.82) is 0 Å². The van der Waals surface area contributed by atoms with Gasteiger partial charge >= 0.3 is 0 Å². The Bertz CT molecular complexity index is 232. The molecule has 2 nitrogen and oxygen atoms in total. The summed E-state index contributed by atoms with van der Waals surface area (Å²) in [6, 6.07) is 0. The van der Waals surface area contributed by atoms with Gasteiger partial charge in [0.25, 0.3) is 0 Å². The fourth-order valence-corrected chi connectivity index (χ4v) is 10.2. The minimum absolute atomic E-state index is 0.274. The average Bonchev–Trinajstić information content (AvgIpc) is 1.98. The van der Waals surface area contributed by atoms with E-state index in [0.717, 1.165) is 12.0 Å². The molecule has 96 valence electrons. The highest BCUT2D eigenvalue weighted by Crippen LogP contribution is 2.22. The predicted molar refractivity (Wildman–Crippen MR) is 76.8 cm³/mol. The number of hydrogen-bond donors (Lipinski definition) is 0. The minimum atomic E-state index is -1.74. The molecule has 1 unspecified atom stereocenters. The average molecular weight is 261 g/mol. The van der Waals surface area contributed by atoms with Crippen molar-refractivity contribution in [3.8, 4) is 0 Å². The molecule has 0 saturated carbocycles. The maximum Gasteiger partial charge on any atom is 0.202 e. The summed E-state index contributed by atoms with van der Waals surface area (Å²) >= 11 is 0. The van der Waals surface area contributed by atoms with Crippen molar-refractivity contribution in [3.63, 3.8) is 0 Å². The van der Waals surface area contributed by atoms with Crippen molar-refractivity contribution in [2.24, 2.45) is 0 Å². The Morgan fingerprint density at radius 1 is 1.19 bits per heavy atom. The van der Waals surface area contributed by atoms with Crippen LogP contribution in [0.4, 0.5) is 0 Å². The smallest absolute Gasteiger partial charge is 0.202 e. The fourth-order valence-electron chi connectivity index (χ4n) is 1.91. The molecule has 0 heterocycles. The molecule has 0 spiro atoms. The van der Waals surface area contributed by atoms with Gasteiger partial charge in [0, 0.05) is 0 Å². The lowest BCUT2D eigenvalue weighted by Crippen LogP contribution is -2.52. The first-order chi connectivity index (χ1) is 7.08. The van der Waals surface area contributed by atoms with Crippen molar-refractivity contribution in [3.05, 3.63) is 12.2 Å². The highest BCUT2D eigenvalue weighted by atomic mass is 28.4. The van der Waals surface area contributed by atoms with Crippen molar-refractivity contribution < 1.29 is 8.85 Å². The van der Waals surface area contributed by atoms with E-state index in [1.54, 1.807) is 0 Å². The molecule has 0 aromatic heterocycles. The van der Waals surface area contributed by atoms with Crippen LogP contribution in [-0.4, -0.2) is 29.0 Å². The van der Waals surface area contributed by atoms with Gasteiger partial charge in [-0.15, -0.1) is 0 Å². The van der Waals surface area contributed by atoms with E-state index < -0.39 is 16.6 Å². The predicted octanol–water partition coefficient (Wildman–Crippen LogP) is 3.95. The zero-order valence-corrected chi connectivity index (χ0v) is 14.0. The summed E-state index contributed by atoms with van der Waals surface area (Å²) in [6.07, 6.45) is 1.02. The fraction of sp³-hybridized carbons (Fsp3) is 0.833. The highest BCUT2D eigenvalue weighted by molar-refractivity contribution is 6.84. The molecule has 0 N–H and O–H groups in total. The van der Waals surface area contributed by atoms with Crippen molar-refractivity contribution in [1.82, 2.24) is 0 Å². The van der Waals surface area contributed by atoms with Crippen LogP contribution in [-0.2, 0) is 8.85 Å². The van der Waals surface area contributed by atoms with Gasteiger partial charge in [-0.2, -0.15) is 0 Å². The Kier molecular flexibility index (Phi) is 6.18. The topological polar surface area (TPSA) is 18.5 Å². The molecule has 1 atom stereocenters. The van der Waals surface area contributed by atoms with Crippen LogP contribution >= 0.6 is 0 Å².